The van der Waals surface area contributed by atoms with Crippen molar-refractivity contribution < 1.29 is 5.11 Å². The molecule has 0 aromatic carbocycles. The third-order valence-electron chi connectivity index (χ3n) is 4.85. The minimum Gasteiger partial charge on any atom is -0.387 e. The smallest absolute Gasteiger partial charge is 0.0991 e. The highest BCUT2D eigenvalue weighted by Crippen LogP contribution is 2.50. The number of nitriles is 1. The van der Waals surface area contributed by atoms with Gasteiger partial charge in [-0.3, -0.25) is 4.98 Å². The van der Waals surface area contributed by atoms with Gasteiger partial charge in [0, 0.05) is 18.0 Å². The van der Waals surface area contributed by atoms with Crippen molar-refractivity contribution in [3.8, 4) is 6.07 Å². The summed E-state index contributed by atoms with van der Waals surface area (Å²) in [5.74, 6) is 0.630. The van der Waals surface area contributed by atoms with Gasteiger partial charge in [0.15, 0.2) is 0 Å². The van der Waals surface area contributed by atoms with Gasteiger partial charge in [-0.15, -0.1) is 0 Å². The molecular weight excluding hydrogens is 248 g/mol. The molecule has 0 spiro atoms. The average Bonchev–Trinajstić information content (AvgIpc) is 2.46. The first kappa shape index (κ1) is 15.0. The largest absolute Gasteiger partial charge is 0.387 e. The first-order valence-electron chi connectivity index (χ1n) is 7.38. The number of nitrogens with zero attached hydrogens (tertiary/aromatic N) is 2. The molecule has 1 aromatic heterocycles. The van der Waals surface area contributed by atoms with Crippen molar-refractivity contribution in [1.82, 2.24) is 4.98 Å². The van der Waals surface area contributed by atoms with Crippen LogP contribution < -0.4 is 0 Å². The van der Waals surface area contributed by atoms with E-state index in [4.69, 9.17) is 0 Å². The van der Waals surface area contributed by atoms with Gasteiger partial charge in [0.25, 0.3) is 0 Å². The lowest BCUT2D eigenvalue weighted by atomic mass is 9.62. The molecule has 1 unspecified atom stereocenters. The Bertz CT molecular complexity index is 476. The van der Waals surface area contributed by atoms with E-state index in [0.29, 0.717) is 5.92 Å². The Labute approximate surface area is 121 Å². The van der Waals surface area contributed by atoms with E-state index in [2.05, 4.69) is 31.8 Å². The summed E-state index contributed by atoms with van der Waals surface area (Å²) in [5, 5.41) is 20.3. The molecule has 1 aliphatic carbocycles. The summed E-state index contributed by atoms with van der Waals surface area (Å²) in [4.78, 5) is 4.05. The summed E-state index contributed by atoms with van der Waals surface area (Å²) in [7, 11) is 0. The molecular formula is C17H24N2O. The van der Waals surface area contributed by atoms with Gasteiger partial charge < -0.3 is 5.11 Å². The van der Waals surface area contributed by atoms with Crippen LogP contribution in [0.1, 0.15) is 58.1 Å². The first-order chi connectivity index (χ1) is 9.39. The van der Waals surface area contributed by atoms with Gasteiger partial charge in [-0.05, 0) is 43.1 Å². The molecule has 0 aliphatic heterocycles. The van der Waals surface area contributed by atoms with Gasteiger partial charge in [0.05, 0.1) is 17.6 Å². The maximum absolute atomic E-state index is 10.6. The molecule has 108 valence electrons. The second kappa shape index (κ2) is 5.54. The molecule has 1 heterocycles. The monoisotopic (exact) mass is 272 g/mol. The number of aliphatic hydroxyl groups is 1. The highest BCUT2D eigenvalue weighted by Gasteiger charge is 2.44. The zero-order valence-electron chi connectivity index (χ0n) is 12.6. The molecule has 1 aliphatic rings. The van der Waals surface area contributed by atoms with E-state index in [1.54, 1.807) is 12.4 Å². The molecule has 20 heavy (non-hydrogen) atoms. The summed E-state index contributed by atoms with van der Waals surface area (Å²) >= 11 is 0. The number of rotatable bonds is 2. The van der Waals surface area contributed by atoms with E-state index in [-0.39, 0.29) is 5.41 Å². The SMILES string of the molecule is CC(C)(C)C1CCC(C#N)(C(O)c2cccnc2)CC1. The molecule has 1 aromatic rings. The molecule has 0 radical (unpaired) electrons. The zero-order valence-corrected chi connectivity index (χ0v) is 12.6. The summed E-state index contributed by atoms with van der Waals surface area (Å²) in [6, 6.07) is 6.07. The number of aromatic nitrogens is 1. The Balaban J connectivity index is 2.16. The van der Waals surface area contributed by atoms with E-state index >= 15 is 0 Å². The van der Waals surface area contributed by atoms with Crippen molar-refractivity contribution >= 4 is 0 Å². The Hall–Kier alpha value is -1.40. The predicted octanol–water partition coefficient (Wildman–Crippen LogP) is 3.86. The van der Waals surface area contributed by atoms with E-state index in [0.717, 1.165) is 31.2 Å². The van der Waals surface area contributed by atoms with Gasteiger partial charge >= 0.3 is 0 Å². The van der Waals surface area contributed by atoms with Crippen LogP contribution in [0.3, 0.4) is 0 Å². The fourth-order valence-corrected chi connectivity index (χ4v) is 3.30. The summed E-state index contributed by atoms with van der Waals surface area (Å²) < 4.78 is 0. The minimum absolute atomic E-state index is 0.279. The molecule has 0 bridgehead atoms. The lowest BCUT2D eigenvalue weighted by Gasteiger charge is -2.42. The highest BCUT2D eigenvalue weighted by molar-refractivity contribution is 5.20. The number of hydrogen-bond donors (Lipinski definition) is 1. The first-order valence-corrected chi connectivity index (χ1v) is 7.38. The average molecular weight is 272 g/mol. The fourth-order valence-electron chi connectivity index (χ4n) is 3.30. The minimum atomic E-state index is -0.734. The van der Waals surface area contributed by atoms with Crippen LogP contribution in [0.4, 0.5) is 0 Å². The molecule has 2 rings (SSSR count). The van der Waals surface area contributed by atoms with Crippen LogP contribution in [0.15, 0.2) is 24.5 Å². The van der Waals surface area contributed by atoms with Crippen molar-refractivity contribution in [2.75, 3.05) is 0 Å². The van der Waals surface area contributed by atoms with Crippen LogP contribution >= 0.6 is 0 Å². The van der Waals surface area contributed by atoms with Crippen LogP contribution in [0.2, 0.25) is 0 Å². The van der Waals surface area contributed by atoms with Gasteiger partial charge in [-0.2, -0.15) is 5.26 Å². The van der Waals surface area contributed by atoms with Crippen LogP contribution in [-0.2, 0) is 0 Å². The maximum atomic E-state index is 10.6. The molecule has 0 amide bonds. The lowest BCUT2D eigenvalue weighted by Crippen LogP contribution is -2.36. The molecule has 0 saturated heterocycles. The van der Waals surface area contributed by atoms with Crippen LogP contribution in [0.25, 0.3) is 0 Å². The topological polar surface area (TPSA) is 56.9 Å². The number of aliphatic hydroxyl groups excluding tert-OH is 1. The Morgan fingerprint density at radius 1 is 1.40 bits per heavy atom. The Kier molecular flexibility index (Phi) is 4.15. The molecule has 1 atom stereocenters. The molecule has 1 saturated carbocycles. The van der Waals surface area contributed by atoms with Crippen molar-refractivity contribution in [2.45, 2.75) is 52.6 Å². The van der Waals surface area contributed by atoms with E-state index < -0.39 is 11.5 Å². The van der Waals surface area contributed by atoms with Crippen LogP contribution in [0, 0.1) is 28.1 Å². The number of pyridine rings is 1. The molecule has 3 nitrogen and oxygen atoms in total. The summed E-state index contributed by atoms with van der Waals surface area (Å²) in [6.45, 7) is 6.78. The molecule has 3 heteroatoms. The quantitative estimate of drug-likeness (QED) is 0.889. The Morgan fingerprint density at radius 2 is 2.05 bits per heavy atom. The molecule has 1 N–H and O–H groups in total. The van der Waals surface area contributed by atoms with Gasteiger partial charge in [-0.25, -0.2) is 0 Å². The molecule has 1 fully saturated rings. The van der Waals surface area contributed by atoms with Crippen molar-refractivity contribution in [3.63, 3.8) is 0 Å². The summed E-state index contributed by atoms with van der Waals surface area (Å²) in [6.07, 6.45) is 6.17. The normalized spacial score (nSPS) is 28.6. The highest BCUT2D eigenvalue weighted by atomic mass is 16.3. The van der Waals surface area contributed by atoms with Crippen LogP contribution in [0.5, 0.6) is 0 Å². The van der Waals surface area contributed by atoms with Crippen LogP contribution in [-0.4, -0.2) is 10.1 Å². The standard InChI is InChI=1S/C17H24N2O/c1-16(2,3)14-6-8-17(12-18,9-7-14)15(20)13-5-4-10-19-11-13/h4-5,10-11,14-15,20H,6-9H2,1-3H3. The fraction of sp³-hybridized carbons (Fsp3) is 0.647. The van der Waals surface area contributed by atoms with Crippen molar-refractivity contribution in [1.29, 1.82) is 5.26 Å². The lowest BCUT2D eigenvalue weighted by molar-refractivity contribution is 0.00823. The maximum Gasteiger partial charge on any atom is 0.0991 e. The summed E-state index contributed by atoms with van der Waals surface area (Å²) in [5.41, 5.74) is 0.384. The van der Waals surface area contributed by atoms with Gasteiger partial charge in [0.1, 0.15) is 0 Å². The van der Waals surface area contributed by atoms with E-state index in [1.807, 2.05) is 12.1 Å². The third kappa shape index (κ3) is 2.86. The van der Waals surface area contributed by atoms with Gasteiger partial charge in [0.2, 0.25) is 0 Å². The Morgan fingerprint density at radius 3 is 2.50 bits per heavy atom. The van der Waals surface area contributed by atoms with E-state index in [1.165, 1.54) is 0 Å². The number of hydrogen-bond acceptors (Lipinski definition) is 3. The van der Waals surface area contributed by atoms with E-state index in [9.17, 15) is 10.4 Å². The van der Waals surface area contributed by atoms with Gasteiger partial charge in [-0.1, -0.05) is 26.8 Å². The zero-order chi connectivity index (χ0) is 14.8. The third-order valence-corrected chi connectivity index (χ3v) is 4.85. The second-order valence-electron chi connectivity index (χ2n) is 7.10. The van der Waals surface area contributed by atoms with Crippen molar-refractivity contribution in [2.24, 2.45) is 16.7 Å². The van der Waals surface area contributed by atoms with Crippen molar-refractivity contribution in [3.05, 3.63) is 30.1 Å². The predicted molar refractivity (Wildman–Crippen MR) is 78.7 cm³/mol. The second-order valence-corrected chi connectivity index (χ2v) is 7.10.